The minimum Gasteiger partial charge on any atom is -0.394 e. The van der Waals surface area contributed by atoms with Crippen LogP contribution in [0.4, 0.5) is 0 Å². The van der Waals surface area contributed by atoms with Gasteiger partial charge in [-0.25, -0.2) is 0 Å². The Morgan fingerprint density at radius 2 is 0.909 bits per heavy atom. The standard InChI is InChI=1S/C6H12O6.C5H10O5/c7-1-3(9)5(11)6(12)4(10)2-8;6-1-3(8)5(10)4(9)2-7/h1,3-6,8-12H,2H2;1,3-5,7-10H,2H2/t3-,4+,5+,6+;3-,4+,5+/m00/s1. The van der Waals surface area contributed by atoms with E-state index in [1.807, 2.05) is 0 Å². The third-order valence-electron chi connectivity index (χ3n) is 2.49. The summed E-state index contributed by atoms with van der Waals surface area (Å²) in [5.74, 6) is 0. The number of carbonyl (C=O) groups excluding carboxylic acids is 2. The molecule has 0 aromatic carbocycles. The van der Waals surface area contributed by atoms with Crippen molar-refractivity contribution >= 4 is 12.6 Å². The second-order valence-corrected chi connectivity index (χ2v) is 4.22. The van der Waals surface area contributed by atoms with Crippen LogP contribution in [0, 0.1) is 0 Å². The van der Waals surface area contributed by atoms with Gasteiger partial charge in [0.05, 0.1) is 13.2 Å². The highest BCUT2D eigenvalue weighted by atomic mass is 16.4. The molecule has 0 aliphatic carbocycles. The summed E-state index contributed by atoms with van der Waals surface area (Å²) < 4.78 is 0. The Morgan fingerprint density at radius 1 is 0.591 bits per heavy atom. The maximum Gasteiger partial charge on any atom is 0.151 e. The number of hydrogen-bond acceptors (Lipinski definition) is 11. The monoisotopic (exact) mass is 330 g/mol. The molecular weight excluding hydrogens is 308 g/mol. The molecular formula is C11H22O11. The van der Waals surface area contributed by atoms with Gasteiger partial charge in [-0.1, -0.05) is 0 Å². The topological polar surface area (TPSA) is 216 Å². The minimum atomic E-state index is -1.79. The van der Waals surface area contributed by atoms with Crippen LogP contribution in [0.2, 0.25) is 0 Å². The van der Waals surface area contributed by atoms with Gasteiger partial charge in [-0.15, -0.1) is 0 Å². The van der Waals surface area contributed by atoms with Crippen LogP contribution >= 0.6 is 0 Å². The molecule has 11 nitrogen and oxygen atoms in total. The summed E-state index contributed by atoms with van der Waals surface area (Å²) in [6.45, 7) is -1.45. The maximum atomic E-state index is 9.90. The second kappa shape index (κ2) is 12.5. The lowest BCUT2D eigenvalue weighted by Gasteiger charge is -2.22. The van der Waals surface area contributed by atoms with Crippen molar-refractivity contribution in [1.82, 2.24) is 0 Å². The van der Waals surface area contributed by atoms with Crippen LogP contribution in [0.1, 0.15) is 0 Å². The summed E-state index contributed by atoms with van der Waals surface area (Å²) in [4.78, 5) is 19.7. The molecule has 22 heavy (non-hydrogen) atoms. The molecule has 11 heteroatoms. The highest BCUT2D eigenvalue weighted by Crippen LogP contribution is 2.03. The first-order valence-electron chi connectivity index (χ1n) is 6.06. The third kappa shape index (κ3) is 8.43. The van der Waals surface area contributed by atoms with Crippen LogP contribution in [-0.4, -0.2) is 114 Å². The van der Waals surface area contributed by atoms with Crippen molar-refractivity contribution in [2.45, 2.75) is 42.7 Å². The van der Waals surface area contributed by atoms with Gasteiger partial charge in [0.25, 0.3) is 0 Å². The van der Waals surface area contributed by atoms with Crippen LogP contribution in [0.25, 0.3) is 0 Å². The summed E-state index contributed by atoms with van der Waals surface area (Å²) in [7, 11) is 0. The van der Waals surface area contributed by atoms with Gasteiger partial charge >= 0.3 is 0 Å². The second-order valence-electron chi connectivity index (χ2n) is 4.22. The van der Waals surface area contributed by atoms with Gasteiger partial charge in [0.15, 0.2) is 12.6 Å². The molecule has 0 aromatic rings. The number of hydrogen-bond donors (Lipinski definition) is 9. The van der Waals surface area contributed by atoms with Crippen LogP contribution in [0.3, 0.4) is 0 Å². The number of carbonyl (C=O) groups is 2. The molecule has 0 spiro atoms. The Hall–Kier alpha value is -1.02. The summed E-state index contributed by atoms with van der Waals surface area (Å²) in [5, 5.41) is 77.6. The average Bonchev–Trinajstić information content (AvgIpc) is 2.56. The van der Waals surface area contributed by atoms with Crippen LogP contribution < -0.4 is 0 Å². The van der Waals surface area contributed by atoms with Gasteiger partial charge in [-0.05, 0) is 0 Å². The lowest BCUT2D eigenvalue weighted by molar-refractivity contribution is -0.136. The summed E-state index contributed by atoms with van der Waals surface area (Å²) >= 11 is 0. The smallest absolute Gasteiger partial charge is 0.151 e. The zero-order valence-electron chi connectivity index (χ0n) is 11.5. The highest BCUT2D eigenvalue weighted by molar-refractivity contribution is 5.57. The lowest BCUT2D eigenvalue weighted by atomic mass is 10.0. The van der Waals surface area contributed by atoms with E-state index in [9.17, 15) is 9.59 Å². The van der Waals surface area contributed by atoms with E-state index >= 15 is 0 Å². The maximum absolute atomic E-state index is 9.90. The van der Waals surface area contributed by atoms with E-state index in [0.717, 1.165) is 0 Å². The van der Waals surface area contributed by atoms with Crippen molar-refractivity contribution < 1.29 is 55.5 Å². The number of aliphatic hydroxyl groups excluding tert-OH is 9. The van der Waals surface area contributed by atoms with E-state index in [-0.39, 0.29) is 12.6 Å². The van der Waals surface area contributed by atoms with Crippen LogP contribution in [0.5, 0.6) is 0 Å². The number of rotatable bonds is 9. The normalized spacial score (nSPS) is 20.4. The fourth-order valence-electron chi connectivity index (χ4n) is 1.03. The molecule has 0 unspecified atom stereocenters. The molecule has 9 N–H and O–H groups in total. The number of aliphatic hydroxyl groups is 9. The Morgan fingerprint density at radius 3 is 1.23 bits per heavy atom. The molecule has 0 aliphatic heterocycles. The zero-order valence-corrected chi connectivity index (χ0v) is 11.5. The Labute approximate surface area is 125 Å². The highest BCUT2D eigenvalue weighted by Gasteiger charge is 2.29. The first-order valence-corrected chi connectivity index (χ1v) is 6.06. The quantitative estimate of drug-likeness (QED) is 0.181. The van der Waals surface area contributed by atoms with Crippen LogP contribution in [-0.2, 0) is 9.59 Å². The predicted octanol–water partition coefficient (Wildman–Crippen LogP) is -6.12. The molecule has 0 saturated carbocycles. The lowest BCUT2D eigenvalue weighted by Crippen LogP contribution is -2.46. The van der Waals surface area contributed by atoms with E-state index in [1.165, 1.54) is 0 Å². The molecule has 0 saturated heterocycles. The summed E-state index contributed by atoms with van der Waals surface area (Å²) in [6, 6.07) is 0. The fourth-order valence-corrected chi connectivity index (χ4v) is 1.03. The van der Waals surface area contributed by atoms with Crippen molar-refractivity contribution in [3.05, 3.63) is 0 Å². The van der Waals surface area contributed by atoms with E-state index in [4.69, 9.17) is 46.0 Å². The molecule has 7 atom stereocenters. The van der Waals surface area contributed by atoms with Gasteiger partial charge in [-0.3, -0.25) is 0 Å². The van der Waals surface area contributed by atoms with E-state index in [0.29, 0.717) is 0 Å². The molecule has 132 valence electrons. The molecule has 0 bridgehead atoms. The summed E-state index contributed by atoms with van der Waals surface area (Å²) in [5.41, 5.74) is 0. The minimum absolute atomic E-state index is 0.0258. The third-order valence-corrected chi connectivity index (χ3v) is 2.49. The van der Waals surface area contributed by atoms with E-state index in [1.54, 1.807) is 0 Å². The zero-order chi connectivity index (χ0) is 17.9. The fraction of sp³-hybridized carbons (Fsp3) is 0.818. The molecule has 0 fully saturated rings. The van der Waals surface area contributed by atoms with Gasteiger partial charge in [-0.2, -0.15) is 0 Å². The van der Waals surface area contributed by atoms with Crippen molar-refractivity contribution in [2.24, 2.45) is 0 Å². The van der Waals surface area contributed by atoms with Gasteiger partial charge in [0, 0.05) is 0 Å². The Bertz CT molecular complexity index is 300. The van der Waals surface area contributed by atoms with Crippen molar-refractivity contribution in [2.75, 3.05) is 13.2 Å². The van der Waals surface area contributed by atoms with Crippen molar-refractivity contribution in [3.8, 4) is 0 Å². The first kappa shape index (κ1) is 23.2. The molecule has 0 rings (SSSR count). The van der Waals surface area contributed by atoms with Gasteiger partial charge in [0.1, 0.15) is 42.7 Å². The molecule has 0 amide bonds. The van der Waals surface area contributed by atoms with Crippen LogP contribution in [0.15, 0.2) is 0 Å². The van der Waals surface area contributed by atoms with Gasteiger partial charge in [0.2, 0.25) is 0 Å². The molecule has 0 aliphatic rings. The largest absolute Gasteiger partial charge is 0.394 e. The Balaban J connectivity index is 0. The summed E-state index contributed by atoms with van der Waals surface area (Å²) in [6.07, 6.45) is -11.5. The van der Waals surface area contributed by atoms with Crippen molar-refractivity contribution in [3.63, 3.8) is 0 Å². The predicted molar refractivity (Wildman–Crippen MR) is 68.3 cm³/mol. The molecule has 0 heterocycles. The SMILES string of the molecule is O=C[C@H](O)[C@@H](O)[C@H](O)CO.O=C[C@H](O)[C@@H](O)[C@H](O)[C@H](O)CO. The first-order chi connectivity index (χ1) is 10.2. The molecule has 0 aromatic heterocycles. The van der Waals surface area contributed by atoms with E-state index < -0.39 is 55.9 Å². The van der Waals surface area contributed by atoms with E-state index in [2.05, 4.69) is 0 Å². The van der Waals surface area contributed by atoms with Gasteiger partial charge < -0.3 is 55.5 Å². The Kier molecular flexibility index (Phi) is 13.2. The average molecular weight is 330 g/mol. The molecule has 0 radical (unpaired) electrons. The van der Waals surface area contributed by atoms with Crippen molar-refractivity contribution in [1.29, 1.82) is 0 Å². The number of aldehydes is 2.